The van der Waals surface area contributed by atoms with Gasteiger partial charge in [0.1, 0.15) is 0 Å². The zero-order valence-electron chi connectivity index (χ0n) is 15.8. The number of amides is 1. The molecule has 0 aromatic heterocycles. The van der Waals surface area contributed by atoms with Crippen molar-refractivity contribution in [2.45, 2.75) is 11.1 Å². The van der Waals surface area contributed by atoms with Gasteiger partial charge in [-0.05, 0) is 30.3 Å². The molecule has 11 heteroatoms. The van der Waals surface area contributed by atoms with E-state index in [0.29, 0.717) is 23.3 Å². The summed E-state index contributed by atoms with van der Waals surface area (Å²) in [5, 5.41) is 0. The van der Waals surface area contributed by atoms with Crippen LogP contribution in [0, 0.1) is 0 Å². The lowest BCUT2D eigenvalue weighted by atomic mass is 10.2. The molecular weight excluding hydrogens is 413 g/mol. The number of likely N-dealkylation sites (N-methyl/N-ethyl adjacent to an activating group) is 1. The molecule has 2 rings (SSSR count). The first-order valence-electron chi connectivity index (χ1n) is 8.15. The van der Waals surface area contributed by atoms with Crippen LogP contribution in [0.4, 0.5) is 18.9 Å². The van der Waals surface area contributed by atoms with Gasteiger partial charge in [0.05, 0.1) is 31.2 Å². The van der Waals surface area contributed by atoms with Crippen molar-refractivity contribution >= 4 is 21.6 Å². The molecule has 0 radical (unpaired) electrons. The number of benzene rings is 2. The number of sulfonamides is 1. The summed E-state index contributed by atoms with van der Waals surface area (Å²) < 4.78 is 75.2. The molecule has 1 N–H and O–H groups in total. The number of carbonyl (C=O) groups is 1. The Balaban J connectivity index is 2.13. The van der Waals surface area contributed by atoms with Crippen molar-refractivity contribution in [3.05, 3.63) is 48.0 Å². The minimum absolute atomic E-state index is 0.370. The lowest BCUT2D eigenvalue weighted by Gasteiger charge is -2.19. The Labute approximate surface area is 166 Å². The van der Waals surface area contributed by atoms with Crippen LogP contribution < -0.4 is 19.1 Å². The van der Waals surface area contributed by atoms with Gasteiger partial charge in [-0.25, -0.2) is 13.1 Å². The van der Waals surface area contributed by atoms with Crippen LogP contribution in [0.25, 0.3) is 0 Å². The summed E-state index contributed by atoms with van der Waals surface area (Å²) >= 11 is 0. The number of carbonyl (C=O) groups excluding carboxylic acids is 1. The highest BCUT2D eigenvalue weighted by molar-refractivity contribution is 7.89. The first kappa shape index (κ1) is 22.5. The summed E-state index contributed by atoms with van der Waals surface area (Å²) in [5.74, 6) is 0.185. The zero-order valence-corrected chi connectivity index (χ0v) is 16.6. The summed E-state index contributed by atoms with van der Waals surface area (Å²) in [7, 11) is -0.0241. The van der Waals surface area contributed by atoms with E-state index in [-0.39, 0.29) is 0 Å². The lowest BCUT2D eigenvalue weighted by molar-refractivity contribution is -0.137. The van der Waals surface area contributed by atoms with Gasteiger partial charge in [-0.1, -0.05) is 6.07 Å². The highest BCUT2D eigenvalue weighted by atomic mass is 32.2. The third kappa shape index (κ3) is 5.39. The van der Waals surface area contributed by atoms with Gasteiger partial charge in [0.2, 0.25) is 15.9 Å². The summed E-state index contributed by atoms with van der Waals surface area (Å²) in [6.45, 7) is -0.649. The largest absolute Gasteiger partial charge is 0.493 e. The average Bonchev–Trinajstić information content (AvgIpc) is 2.70. The molecular formula is C18H19F3N2O5S. The van der Waals surface area contributed by atoms with Crippen LogP contribution in [0.1, 0.15) is 5.56 Å². The predicted molar refractivity (Wildman–Crippen MR) is 99.6 cm³/mol. The number of alkyl halides is 3. The van der Waals surface area contributed by atoms with E-state index in [1.807, 2.05) is 4.72 Å². The number of hydrogen-bond acceptors (Lipinski definition) is 5. The van der Waals surface area contributed by atoms with E-state index >= 15 is 0 Å². The van der Waals surface area contributed by atoms with Gasteiger partial charge in [0, 0.05) is 18.8 Å². The standard InChI is InChI=1S/C18H19F3N2O5S/c1-23(13-7-8-15(27-2)16(10-13)28-3)17(24)11-22-29(25,26)14-6-4-5-12(9-14)18(19,20)21/h4-10,22H,11H2,1-3H3. The number of nitrogens with zero attached hydrogens (tertiary/aromatic N) is 1. The molecule has 1 amide bonds. The van der Waals surface area contributed by atoms with Gasteiger partial charge in [-0.2, -0.15) is 13.2 Å². The third-order valence-corrected chi connectivity index (χ3v) is 5.41. The Morgan fingerprint density at radius 3 is 2.31 bits per heavy atom. The number of ether oxygens (including phenoxy) is 2. The molecule has 0 heterocycles. The Kier molecular flexibility index (Phi) is 6.75. The number of nitrogens with one attached hydrogen (secondary N) is 1. The summed E-state index contributed by atoms with van der Waals surface area (Å²) in [4.78, 5) is 12.9. The maximum absolute atomic E-state index is 12.8. The van der Waals surface area contributed by atoms with Crippen LogP contribution in [0.15, 0.2) is 47.4 Å². The molecule has 158 valence electrons. The van der Waals surface area contributed by atoms with Gasteiger partial charge >= 0.3 is 6.18 Å². The van der Waals surface area contributed by atoms with Crippen LogP contribution in [0.3, 0.4) is 0 Å². The lowest BCUT2D eigenvalue weighted by Crippen LogP contribution is -2.38. The fraction of sp³-hybridized carbons (Fsp3) is 0.278. The minimum Gasteiger partial charge on any atom is -0.493 e. The third-order valence-electron chi connectivity index (χ3n) is 4.01. The van der Waals surface area contributed by atoms with E-state index in [9.17, 15) is 26.4 Å². The molecule has 0 aliphatic carbocycles. The van der Waals surface area contributed by atoms with Crippen LogP contribution in [-0.2, 0) is 21.0 Å². The van der Waals surface area contributed by atoms with Gasteiger partial charge in [0.15, 0.2) is 11.5 Å². The normalized spacial score (nSPS) is 11.8. The first-order chi connectivity index (χ1) is 13.5. The van der Waals surface area contributed by atoms with Gasteiger partial charge in [0.25, 0.3) is 0 Å². The summed E-state index contributed by atoms with van der Waals surface area (Å²) in [5.41, 5.74) is -0.694. The Morgan fingerprint density at radius 1 is 1.07 bits per heavy atom. The van der Waals surface area contributed by atoms with Gasteiger partial charge in [-0.3, -0.25) is 4.79 Å². The van der Waals surface area contributed by atoms with Crippen molar-refractivity contribution in [1.29, 1.82) is 0 Å². The molecule has 0 fully saturated rings. The molecule has 29 heavy (non-hydrogen) atoms. The molecule has 2 aromatic rings. The van der Waals surface area contributed by atoms with E-state index < -0.39 is 39.1 Å². The Hall–Kier alpha value is -2.79. The summed E-state index contributed by atoms with van der Waals surface area (Å²) in [6, 6.07) is 7.93. The van der Waals surface area contributed by atoms with Gasteiger partial charge < -0.3 is 14.4 Å². The molecule has 0 unspecified atom stereocenters. The van der Waals surface area contributed by atoms with Crippen molar-refractivity contribution in [1.82, 2.24) is 4.72 Å². The molecule has 7 nitrogen and oxygen atoms in total. The molecule has 0 spiro atoms. The van der Waals surface area contributed by atoms with Crippen molar-refractivity contribution < 1.29 is 35.9 Å². The zero-order chi connectivity index (χ0) is 21.8. The average molecular weight is 432 g/mol. The summed E-state index contributed by atoms with van der Waals surface area (Å²) in [6.07, 6.45) is -4.69. The SMILES string of the molecule is COc1ccc(N(C)C(=O)CNS(=O)(=O)c2cccc(C(F)(F)F)c2)cc1OC. The highest BCUT2D eigenvalue weighted by Crippen LogP contribution is 2.31. The van der Waals surface area contributed by atoms with E-state index in [2.05, 4.69) is 0 Å². The second kappa shape index (κ2) is 8.70. The maximum Gasteiger partial charge on any atom is 0.416 e. The topological polar surface area (TPSA) is 84.9 Å². The molecule has 2 aromatic carbocycles. The molecule has 0 bridgehead atoms. The molecule has 0 atom stereocenters. The quantitative estimate of drug-likeness (QED) is 0.727. The van der Waals surface area contributed by atoms with Crippen molar-refractivity contribution in [3.8, 4) is 11.5 Å². The number of methoxy groups -OCH3 is 2. The fourth-order valence-corrected chi connectivity index (χ4v) is 3.40. The van der Waals surface area contributed by atoms with Crippen LogP contribution in [0.5, 0.6) is 11.5 Å². The van der Waals surface area contributed by atoms with Crippen LogP contribution in [-0.4, -0.2) is 42.1 Å². The van der Waals surface area contributed by atoms with E-state index in [4.69, 9.17) is 9.47 Å². The van der Waals surface area contributed by atoms with Crippen LogP contribution in [0.2, 0.25) is 0 Å². The second-order valence-electron chi connectivity index (χ2n) is 5.84. The van der Waals surface area contributed by atoms with Crippen molar-refractivity contribution in [2.75, 3.05) is 32.7 Å². The number of rotatable bonds is 7. The van der Waals surface area contributed by atoms with E-state index in [1.165, 1.54) is 32.2 Å². The monoisotopic (exact) mass is 432 g/mol. The smallest absolute Gasteiger partial charge is 0.416 e. The molecule has 0 aliphatic rings. The Morgan fingerprint density at radius 2 is 1.72 bits per heavy atom. The minimum atomic E-state index is -4.69. The number of halogens is 3. The molecule has 0 saturated heterocycles. The molecule has 0 saturated carbocycles. The van der Waals surface area contributed by atoms with Crippen molar-refractivity contribution in [2.24, 2.45) is 0 Å². The van der Waals surface area contributed by atoms with Gasteiger partial charge in [-0.15, -0.1) is 0 Å². The highest BCUT2D eigenvalue weighted by Gasteiger charge is 2.31. The van der Waals surface area contributed by atoms with Crippen LogP contribution >= 0.6 is 0 Å². The molecule has 0 aliphatic heterocycles. The fourth-order valence-electron chi connectivity index (χ4n) is 2.38. The maximum atomic E-state index is 12.8. The predicted octanol–water partition coefficient (Wildman–Crippen LogP) is 2.66. The Bertz CT molecular complexity index is 993. The van der Waals surface area contributed by atoms with Crippen molar-refractivity contribution in [3.63, 3.8) is 0 Å². The first-order valence-corrected chi connectivity index (χ1v) is 9.63. The second-order valence-corrected chi connectivity index (χ2v) is 7.61. The number of hydrogen-bond donors (Lipinski definition) is 1. The van der Waals surface area contributed by atoms with E-state index in [1.54, 1.807) is 12.1 Å². The number of anilines is 1. The van der Waals surface area contributed by atoms with E-state index in [0.717, 1.165) is 18.2 Å².